The maximum atomic E-state index is 12.4. The van der Waals surface area contributed by atoms with Gasteiger partial charge in [0.15, 0.2) is 0 Å². The van der Waals surface area contributed by atoms with Gasteiger partial charge in [-0.1, -0.05) is 30.3 Å². The van der Waals surface area contributed by atoms with E-state index in [9.17, 15) is 8.42 Å². The molecule has 2 N–H and O–H groups in total. The first-order chi connectivity index (χ1) is 13.5. The molecule has 0 bridgehead atoms. The van der Waals surface area contributed by atoms with Crippen LogP contribution in [0.3, 0.4) is 0 Å². The van der Waals surface area contributed by atoms with E-state index in [4.69, 9.17) is 9.31 Å². The van der Waals surface area contributed by atoms with Crippen LogP contribution in [0.5, 0.6) is 0 Å². The van der Waals surface area contributed by atoms with Gasteiger partial charge in [-0.25, -0.2) is 13.1 Å². The molecule has 156 valence electrons. The Morgan fingerprint density at radius 3 is 2.10 bits per heavy atom. The third-order valence-electron chi connectivity index (χ3n) is 5.78. The van der Waals surface area contributed by atoms with Crippen LogP contribution in [0.4, 0.5) is 5.69 Å². The summed E-state index contributed by atoms with van der Waals surface area (Å²) in [5.41, 5.74) is 1.49. The van der Waals surface area contributed by atoms with E-state index >= 15 is 0 Å². The minimum atomic E-state index is -3.59. The highest BCUT2D eigenvalue weighted by Crippen LogP contribution is 2.37. The van der Waals surface area contributed by atoms with Crippen molar-refractivity contribution in [2.75, 3.05) is 12.4 Å². The number of anilines is 1. The number of sulfonamides is 1. The van der Waals surface area contributed by atoms with E-state index < -0.39 is 28.3 Å². The Bertz CT molecular complexity index is 961. The molecular weight excluding hydrogens is 387 g/mol. The fourth-order valence-electron chi connectivity index (χ4n) is 3.18. The molecule has 1 aliphatic heterocycles. The zero-order chi connectivity index (χ0) is 21.4. The van der Waals surface area contributed by atoms with E-state index in [0.717, 1.165) is 11.3 Å². The molecule has 29 heavy (non-hydrogen) atoms. The molecule has 8 heteroatoms. The van der Waals surface area contributed by atoms with Gasteiger partial charge in [0.25, 0.3) is 0 Å². The SMILES string of the molecule is CNS(=O)(=O)c1ccc(N[C@H](C)c2ccccc2)c(B2OC(C)(C)C(C)(C)O2)c1. The van der Waals surface area contributed by atoms with Crippen molar-refractivity contribution in [3.05, 3.63) is 54.1 Å². The summed E-state index contributed by atoms with van der Waals surface area (Å²) in [7, 11) is -2.88. The lowest BCUT2D eigenvalue weighted by molar-refractivity contribution is 0.00578. The Balaban J connectivity index is 2.02. The van der Waals surface area contributed by atoms with E-state index in [1.54, 1.807) is 18.2 Å². The van der Waals surface area contributed by atoms with Gasteiger partial charge in [-0.05, 0) is 65.4 Å². The Hall–Kier alpha value is -1.87. The van der Waals surface area contributed by atoms with E-state index in [0.29, 0.717) is 5.46 Å². The number of nitrogens with one attached hydrogen (secondary N) is 2. The molecule has 0 saturated carbocycles. The number of hydrogen-bond acceptors (Lipinski definition) is 5. The van der Waals surface area contributed by atoms with Gasteiger partial charge in [0.05, 0.1) is 16.1 Å². The van der Waals surface area contributed by atoms with Crippen LogP contribution < -0.4 is 15.5 Å². The van der Waals surface area contributed by atoms with Crippen molar-refractivity contribution in [2.24, 2.45) is 0 Å². The monoisotopic (exact) mass is 416 g/mol. The van der Waals surface area contributed by atoms with E-state index in [-0.39, 0.29) is 10.9 Å². The molecule has 0 aromatic heterocycles. The third-order valence-corrected chi connectivity index (χ3v) is 7.19. The minimum absolute atomic E-state index is 0.0177. The molecular formula is C21H29BN2O4S. The first-order valence-electron chi connectivity index (χ1n) is 9.71. The van der Waals surface area contributed by atoms with Crippen LogP contribution in [0.25, 0.3) is 0 Å². The molecule has 1 aliphatic rings. The van der Waals surface area contributed by atoms with Crippen LogP contribution in [0.1, 0.15) is 46.2 Å². The average Bonchev–Trinajstić information content (AvgIpc) is 2.89. The van der Waals surface area contributed by atoms with Gasteiger partial charge < -0.3 is 14.6 Å². The van der Waals surface area contributed by atoms with Crippen LogP contribution in [0.2, 0.25) is 0 Å². The highest BCUT2D eigenvalue weighted by molar-refractivity contribution is 7.89. The second-order valence-corrected chi connectivity index (χ2v) is 10.2. The first kappa shape index (κ1) is 21.8. The molecule has 1 atom stereocenters. The molecule has 1 fully saturated rings. The van der Waals surface area contributed by atoms with Gasteiger partial charge in [-0.2, -0.15) is 0 Å². The highest BCUT2D eigenvalue weighted by atomic mass is 32.2. The van der Waals surface area contributed by atoms with Crippen molar-refractivity contribution < 1.29 is 17.7 Å². The van der Waals surface area contributed by atoms with Gasteiger partial charge >= 0.3 is 7.12 Å². The maximum absolute atomic E-state index is 12.4. The smallest absolute Gasteiger partial charge is 0.399 e. The standard InChI is InChI=1S/C21H29BN2O4S/c1-15(16-10-8-7-9-11-16)24-19-13-12-17(29(25,26)23-6)14-18(19)22-27-20(2,3)21(4,5)28-22/h7-15,23-24H,1-6H3/t15-/m1/s1. The summed E-state index contributed by atoms with van der Waals surface area (Å²) >= 11 is 0. The van der Waals surface area contributed by atoms with Crippen LogP contribution in [-0.4, -0.2) is 33.8 Å². The summed E-state index contributed by atoms with van der Waals surface area (Å²) in [6.07, 6.45) is 0. The predicted octanol–water partition coefficient (Wildman–Crippen LogP) is 3.07. The number of rotatable bonds is 6. The highest BCUT2D eigenvalue weighted by Gasteiger charge is 2.52. The minimum Gasteiger partial charge on any atom is -0.399 e. The second-order valence-electron chi connectivity index (χ2n) is 8.32. The van der Waals surface area contributed by atoms with Crippen LogP contribution >= 0.6 is 0 Å². The van der Waals surface area contributed by atoms with Gasteiger partial charge in [0.1, 0.15) is 0 Å². The topological polar surface area (TPSA) is 76.7 Å². The Kier molecular flexibility index (Phi) is 5.84. The lowest BCUT2D eigenvalue weighted by Crippen LogP contribution is -2.41. The van der Waals surface area contributed by atoms with Gasteiger partial charge in [-0.3, -0.25) is 0 Å². The quantitative estimate of drug-likeness (QED) is 0.708. The molecule has 2 aromatic rings. The molecule has 0 aliphatic carbocycles. The van der Waals surface area contributed by atoms with E-state index in [1.807, 2.05) is 58.0 Å². The molecule has 0 spiro atoms. The zero-order valence-electron chi connectivity index (χ0n) is 17.8. The Morgan fingerprint density at radius 2 is 1.55 bits per heavy atom. The molecule has 0 unspecified atom stereocenters. The maximum Gasteiger partial charge on any atom is 0.497 e. The zero-order valence-corrected chi connectivity index (χ0v) is 18.6. The van der Waals surface area contributed by atoms with Crippen molar-refractivity contribution >= 4 is 28.3 Å². The van der Waals surface area contributed by atoms with Crippen LogP contribution in [0.15, 0.2) is 53.4 Å². The number of hydrogen-bond donors (Lipinski definition) is 2. The molecule has 1 heterocycles. The van der Waals surface area contributed by atoms with Crippen molar-refractivity contribution in [1.29, 1.82) is 0 Å². The van der Waals surface area contributed by atoms with Gasteiger partial charge in [0.2, 0.25) is 10.0 Å². The lowest BCUT2D eigenvalue weighted by atomic mass is 9.77. The van der Waals surface area contributed by atoms with Crippen molar-refractivity contribution in [2.45, 2.75) is 56.8 Å². The van der Waals surface area contributed by atoms with Gasteiger partial charge in [0, 0.05) is 17.2 Å². The van der Waals surface area contributed by atoms with Crippen LogP contribution in [0, 0.1) is 0 Å². The summed E-state index contributed by atoms with van der Waals surface area (Å²) < 4.78 is 39.5. The predicted molar refractivity (Wildman–Crippen MR) is 117 cm³/mol. The normalized spacial score (nSPS) is 19.2. The molecule has 3 rings (SSSR count). The molecule has 0 radical (unpaired) electrons. The van der Waals surface area contributed by atoms with E-state index in [2.05, 4.69) is 17.0 Å². The fraction of sp³-hybridized carbons (Fsp3) is 0.429. The summed E-state index contributed by atoms with van der Waals surface area (Å²) in [4.78, 5) is 0.169. The summed E-state index contributed by atoms with van der Waals surface area (Å²) in [6.45, 7) is 9.95. The fourth-order valence-corrected chi connectivity index (χ4v) is 3.95. The molecule has 6 nitrogen and oxygen atoms in total. The largest absolute Gasteiger partial charge is 0.497 e. The van der Waals surface area contributed by atoms with Crippen molar-refractivity contribution in [3.63, 3.8) is 0 Å². The second kappa shape index (κ2) is 7.76. The van der Waals surface area contributed by atoms with E-state index in [1.165, 1.54) is 7.05 Å². The van der Waals surface area contributed by atoms with Gasteiger partial charge in [-0.15, -0.1) is 0 Å². The molecule has 1 saturated heterocycles. The summed E-state index contributed by atoms with van der Waals surface area (Å²) in [5.74, 6) is 0. The molecule has 2 aromatic carbocycles. The summed E-state index contributed by atoms with van der Waals surface area (Å²) in [5, 5.41) is 3.48. The average molecular weight is 416 g/mol. The summed E-state index contributed by atoms with van der Waals surface area (Å²) in [6, 6.07) is 15.0. The lowest BCUT2D eigenvalue weighted by Gasteiger charge is -2.32. The number of benzene rings is 2. The van der Waals surface area contributed by atoms with Crippen LogP contribution in [-0.2, 0) is 19.3 Å². The van der Waals surface area contributed by atoms with Crippen molar-refractivity contribution in [3.8, 4) is 0 Å². The first-order valence-corrected chi connectivity index (χ1v) is 11.2. The third kappa shape index (κ3) is 4.35. The Morgan fingerprint density at radius 1 is 0.966 bits per heavy atom. The van der Waals surface area contributed by atoms with Crippen molar-refractivity contribution in [1.82, 2.24) is 4.72 Å². The molecule has 0 amide bonds. The Labute approximate surface area is 174 Å².